The Balaban J connectivity index is 1.95. The molecule has 0 aliphatic carbocycles. The zero-order valence-electron chi connectivity index (χ0n) is 10.5. The van der Waals surface area contributed by atoms with Gasteiger partial charge in [0.15, 0.2) is 0 Å². The van der Waals surface area contributed by atoms with E-state index in [9.17, 15) is 18.0 Å². The van der Waals surface area contributed by atoms with E-state index in [1.54, 1.807) is 0 Å². The van der Waals surface area contributed by atoms with Crippen molar-refractivity contribution in [2.45, 2.75) is 6.18 Å². The minimum Gasteiger partial charge on any atom is -0.352 e. The van der Waals surface area contributed by atoms with E-state index in [1.165, 1.54) is 12.1 Å². The van der Waals surface area contributed by atoms with Gasteiger partial charge in [0.2, 0.25) is 0 Å². The van der Waals surface area contributed by atoms with Crippen LogP contribution in [0, 0.1) is 5.92 Å². The molecule has 1 heterocycles. The van der Waals surface area contributed by atoms with Crippen LogP contribution in [0.5, 0.6) is 0 Å². The van der Waals surface area contributed by atoms with Crippen molar-refractivity contribution in [2.75, 3.05) is 26.7 Å². The third-order valence-electron chi connectivity index (χ3n) is 3.14. The molecule has 3 nitrogen and oxygen atoms in total. The van der Waals surface area contributed by atoms with E-state index in [2.05, 4.69) is 10.2 Å². The second-order valence-electron chi connectivity index (χ2n) is 4.88. The van der Waals surface area contributed by atoms with E-state index in [0.717, 1.165) is 25.2 Å². The van der Waals surface area contributed by atoms with Crippen molar-refractivity contribution in [3.05, 3.63) is 35.4 Å². The number of likely N-dealkylation sites (tertiary alicyclic amines) is 1. The number of rotatable bonds is 3. The number of halogens is 3. The summed E-state index contributed by atoms with van der Waals surface area (Å²) in [5.74, 6) is -0.0691. The molecule has 1 N–H and O–H groups in total. The molecule has 2 rings (SSSR count). The van der Waals surface area contributed by atoms with Gasteiger partial charge >= 0.3 is 6.18 Å². The van der Waals surface area contributed by atoms with E-state index in [4.69, 9.17) is 0 Å². The molecule has 0 atom stereocenters. The van der Waals surface area contributed by atoms with Gasteiger partial charge in [-0.25, -0.2) is 0 Å². The summed E-state index contributed by atoms with van der Waals surface area (Å²) in [5, 5.41) is 2.67. The highest BCUT2D eigenvalue weighted by molar-refractivity contribution is 5.94. The molecular formula is C13H15F3N2O. The van der Waals surface area contributed by atoms with Crippen molar-refractivity contribution in [3.63, 3.8) is 0 Å². The molecule has 1 saturated heterocycles. The van der Waals surface area contributed by atoms with Crippen LogP contribution in [0.15, 0.2) is 24.3 Å². The van der Waals surface area contributed by atoms with Gasteiger partial charge < -0.3 is 10.2 Å². The lowest BCUT2D eigenvalue weighted by molar-refractivity contribution is -0.137. The Kier molecular flexibility index (Phi) is 3.80. The number of carbonyl (C=O) groups is 1. The summed E-state index contributed by atoms with van der Waals surface area (Å²) < 4.78 is 37.5. The summed E-state index contributed by atoms with van der Waals surface area (Å²) in [7, 11) is 1.98. The summed E-state index contributed by atoms with van der Waals surface area (Å²) in [6.07, 6.45) is -4.42. The van der Waals surface area contributed by atoms with Crippen molar-refractivity contribution < 1.29 is 18.0 Å². The first-order chi connectivity index (χ1) is 8.86. The highest BCUT2D eigenvalue weighted by Gasteiger charge is 2.31. The molecule has 0 bridgehead atoms. The topological polar surface area (TPSA) is 32.3 Å². The maximum Gasteiger partial charge on any atom is 0.416 e. The predicted octanol–water partition coefficient (Wildman–Crippen LogP) is 2.00. The van der Waals surface area contributed by atoms with Gasteiger partial charge in [-0.3, -0.25) is 4.79 Å². The fraction of sp³-hybridized carbons (Fsp3) is 0.462. The number of carbonyl (C=O) groups excluding carboxylic acids is 1. The molecule has 19 heavy (non-hydrogen) atoms. The van der Waals surface area contributed by atoms with E-state index in [1.807, 2.05) is 7.05 Å². The number of hydrogen-bond acceptors (Lipinski definition) is 2. The van der Waals surface area contributed by atoms with E-state index < -0.39 is 17.6 Å². The van der Waals surface area contributed by atoms with Gasteiger partial charge in [-0.2, -0.15) is 13.2 Å². The fourth-order valence-corrected chi connectivity index (χ4v) is 2.13. The van der Waals surface area contributed by atoms with Gasteiger partial charge in [-0.05, 0) is 25.2 Å². The first-order valence-electron chi connectivity index (χ1n) is 6.00. The molecule has 0 aromatic heterocycles. The van der Waals surface area contributed by atoms with Crippen LogP contribution in [0.1, 0.15) is 15.9 Å². The van der Waals surface area contributed by atoms with Crippen LogP contribution in [0.4, 0.5) is 13.2 Å². The molecule has 0 saturated carbocycles. The van der Waals surface area contributed by atoms with Crippen LogP contribution in [-0.2, 0) is 6.18 Å². The van der Waals surface area contributed by atoms with Crippen molar-refractivity contribution in [3.8, 4) is 0 Å². The molecule has 1 aromatic carbocycles. The minimum absolute atomic E-state index is 0.0440. The van der Waals surface area contributed by atoms with Crippen molar-refractivity contribution >= 4 is 5.91 Å². The average Bonchev–Trinajstić information content (AvgIpc) is 2.32. The van der Waals surface area contributed by atoms with E-state index in [-0.39, 0.29) is 5.56 Å². The van der Waals surface area contributed by atoms with Crippen LogP contribution in [0.2, 0.25) is 0 Å². The molecule has 1 fully saturated rings. The van der Waals surface area contributed by atoms with E-state index >= 15 is 0 Å². The summed E-state index contributed by atoms with van der Waals surface area (Å²) >= 11 is 0. The lowest BCUT2D eigenvalue weighted by Gasteiger charge is -2.36. The third-order valence-corrected chi connectivity index (χ3v) is 3.14. The Morgan fingerprint density at radius 3 is 2.68 bits per heavy atom. The van der Waals surface area contributed by atoms with Gasteiger partial charge in [-0.15, -0.1) is 0 Å². The largest absolute Gasteiger partial charge is 0.416 e. The smallest absolute Gasteiger partial charge is 0.352 e. The molecule has 1 aliphatic heterocycles. The molecule has 0 unspecified atom stereocenters. The Hall–Kier alpha value is -1.56. The highest BCUT2D eigenvalue weighted by Crippen LogP contribution is 2.29. The van der Waals surface area contributed by atoms with Gasteiger partial charge in [0, 0.05) is 31.1 Å². The lowest BCUT2D eigenvalue weighted by atomic mass is 10.0. The second kappa shape index (κ2) is 5.21. The number of nitrogens with zero attached hydrogens (tertiary/aromatic N) is 1. The quantitative estimate of drug-likeness (QED) is 0.912. The second-order valence-corrected chi connectivity index (χ2v) is 4.88. The van der Waals surface area contributed by atoms with Crippen LogP contribution in [0.3, 0.4) is 0 Å². The molecule has 6 heteroatoms. The van der Waals surface area contributed by atoms with Gasteiger partial charge in [-0.1, -0.05) is 6.07 Å². The molecule has 104 valence electrons. The molecule has 1 aromatic rings. The van der Waals surface area contributed by atoms with Crippen molar-refractivity contribution in [2.24, 2.45) is 5.92 Å². The Labute approximate surface area is 109 Å². The van der Waals surface area contributed by atoms with Crippen molar-refractivity contribution in [1.29, 1.82) is 0 Å². The maximum atomic E-state index is 12.5. The maximum absolute atomic E-state index is 12.5. The van der Waals surface area contributed by atoms with Gasteiger partial charge in [0.1, 0.15) is 0 Å². The molecule has 1 amide bonds. The SMILES string of the molecule is CN1CC(CNC(=O)c2cccc(C(F)(F)F)c2)C1. The summed E-state index contributed by atoms with van der Waals surface area (Å²) in [4.78, 5) is 13.9. The number of hydrogen-bond donors (Lipinski definition) is 1. The average molecular weight is 272 g/mol. The van der Waals surface area contributed by atoms with Crippen LogP contribution in [0.25, 0.3) is 0 Å². The molecule has 0 radical (unpaired) electrons. The Morgan fingerprint density at radius 1 is 1.42 bits per heavy atom. The molecule has 1 aliphatic rings. The number of amides is 1. The minimum atomic E-state index is -4.42. The fourth-order valence-electron chi connectivity index (χ4n) is 2.13. The van der Waals surface area contributed by atoms with Gasteiger partial charge in [0.05, 0.1) is 5.56 Å². The molecule has 0 spiro atoms. The summed E-state index contributed by atoms with van der Waals surface area (Å²) in [6, 6.07) is 4.46. The summed E-state index contributed by atoms with van der Waals surface area (Å²) in [6.45, 7) is 2.31. The predicted molar refractivity (Wildman–Crippen MR) is 64.8 cm³/mol. The van der Waals surface area contributed by atoms with Crippen LogP contribution < -0.4 is 5.32 Å². The first kappa shape index (κ1) is 13.9. The Morgan fingerprint density at radius 2 is 2.11 bits per heavy atom. The Bertz CT molecular complexity index is 467. The lowest BCUT2D eigenvalue weighted by Crippen LogP contribution is -2.49. The highest BCUT2D eigenvalue weighted by atomic mass is 19.4. The number of benzene rings is 1. The first-order valence-corrected chi connectivity index (χ1v) is 6.00. The van der Waals surface area contributed by atoms with Gasteiger partial charge in [0.25, 0.3) is 5.91 Å². The van der Waals surface area contributed by atoms with Crippen LogP contribution in [-0.4, -0.2) is 37.5 Å². The van der Waals surface area contributed by atoms with Crippen LogP contribution >= 0.6 is 0 Å². The van der Waals surface area contributed by atoms with E-state index in [0.29, 0.717) is 12.5 Å². The van der Waals surface area contributed by atoms with Crippen molar-refractivity contribution in [1.82, 2.24) is 10.2 Å². The normalized spacial score (nSPS) is 17.1. The molecular weight excluding hydrogens is 257 g/mol. The zero-order chi connectivity index (χ0) is 14.0. The number of alkyl halides is 3. The standard InChI is InChI=1S/C13H15F3N2O/c1-18-7-9(8-18)6-17-12(19)10-3-2-4-11(5-10)13(14,15)16/h2-5,9H,6-8H2,1H3,(H,17,19). The summed E-state index contributed by atoms with van der Waals surface area (Å²) in [5.41, 5.74) is -0.758. The number of nitrogens with one attached hydrogen (secondary N) is 1. The third kappa shape index (κ3) is 3.47. The zero-order valence-corrected chi connectivity index (χ0v) is 10.5. The monoisotopic (exact) mass is 272 g/mol.